The van der Waals surface area contributed by atoms with Crippen molar-refractivity contribution in [3.05, 3.63) is 23.8 Å². The fourth-order valence-electron chi connectivity index (χ4n) is 1.45. The zero-order valence-corrected chi connectivity index (χ0v) is 9.64. The second-order valence-electron chi connectivity index (χ2n) is 4.23. The molecule has 0 saturated carbocycles. The van der Waals surface area contributed by atoms with Gasteiger partial charge in [0.15, 0.2) is 0 Å². The van der Waals surface area contributed by atoms with E-state index in [0.717, 1.165) is 0 Å². The SMILES string of the molecule is CC(C)C(CO)NCc1ccc(O)cc1O. The summed E-state index contributed by atoms with van der Waals surface area (Å²) in [5.41, 5.74) is 0.705. The van der Waals surface area contributed by atoms with Gasteiger partial charge < -0.3 is 20.6 Å². The van der Waals surface area contributed by atoms with Crippen LogP contribution in [0.4, 0.5) is 0 Å². The Morgan fingerprint density at radius 3 is 2.44 bits per heavy atom. The molecule has 4 heteroatoms. The van der Waals surface area contributed by atoms with Crippen LogP contribution >= 0.6 is 0 Å². The van der Waals surface area contributed by atoms with Gasteiger partial charge in [-0.2, -0.15) is 0 Å². The maximum Gasteiger partial charge on any atom is 0.123 e. The third-order valence-corrected chi connectivity index (χ3v) is 2.63. The van der Waals surface area contributed by atoms with Gasteiger partial charge in [0, 0.05) is 24.2 Å². The molecular weight excluding hydrogens is 206 g/mol. The van der Waals surface area contributed by atoms with Crippen LogP contribution in [-0.2, 0) is 6.54 Å². The number of benzene rings is 1. The highest BCUT2D eigenvalue weighted by atomic mass is 16.3. The number of aliphatic hydroxyl groups is 1. The third-order valence-electron chi connectivity index (χ3n) is 2.63. The Bertz CT molecular complexity index is 339. The lowest BCUT2D eigenvalue weighted by molar-refractivity contribution is 0.209. The Hall–Kier alpha value is -1.26. The van der Waals surface area contributed by atoms with E-state index in [1.807, 2.05) is 13.8 Å². The third kappa shape index (κ3) is 3.40. The monoisotopic (exact) mass is 225 g/mol. The van der Waals surface area contributed by atoms with Crippen molar-refractivity contribution in [3.8, 4) is 11.5 Å². The first-order valence-electron chi connectivity index (χ1n) is 5.39. The first kappa shape index (κ1) is 12.8. The van der Waals surface area contributed by atoms with E-state index in [2.05, 4.69) is 5.32 Å². The second kappa shape index (κ2) is 5.72. The van der Waals surface area contributed by atoms with Crippen molar-refractivity contribution < 1.29 is 15.3 Å². The van der Waals surface area contributed by atoms with Gasteiger partial charge >= 0.3 is 0 Å². The molecule has 0 aliphatic rings. The summed E-state index contributed by atoms with van der Waals surface area (Å²) in [7, 11) is 0. The van der Waals surface area contributed by atoms with Crippen molar-refractivity contribution >= 4 is 0 Å². The molecular formula is C12H19NO3. The van der Waals surface area contributed by atoms with Crippen LogP contribution in [0.3, 0.4) is 0 Å². The Balaban J connectivity index is 2.60. The normalized spacial score (nSPS) is 13.0. The smallest absolute Gasteiger partial charge is 0.123 e. The first-order chi connectivity index (χ1) is 7.54. The van der Waals surface area contributed by atoms with Crippen molar-refractivity contribution in [3.63, 3.8) is 0 Å². The zero-order valence-electron chi connectivity index (χ0n) is 9.64. The fraction of sp³-hybridized carbons (Fsp3) is 0.500. The molecule has 4 N–H and O–H groups in total. The highest BCUT2D eigenvalue weighted by Crippen LogP contribution is 2.22. The Morgan fingerprint density at radius 2 is 1.94 bits per heavy atom. The van der Waals surface area contributed by atoms with Crippen molar-refractivity contribution in [2.45, 2.75) is 26.4 Å². The summed E-state index contributed by atoms with van der Waals surface area (Å²) in [5.74, 6) is 0.432. The van der Waals surface area contributed by atoms with Crippen LogP contribution < -0.4 is 5.32 Å². The molecule has 1 aromatic carbocycles. The minimum Gasteiger partial charge on any atom is -0.508 e. The average molecular weight is 225 g/mol. The summed E-state index contributed by atoms with van der Waals surface area (Å²) in [4.78, 5) is 0. The minimum atomic E-state index is 0.00760. The molecule has 0 spiro atoms. The van der Waals surface area contributed by atoms with Gasteiger partial charge in [0.05, 0.1) is 6.61 Å². The zero-order chi connectivity index (χ0) is 12.1. The number of aromatic hydroxyl groups is 2. The molecule has 1 unspecified atom stereocenters. The summed E-state index contributed by atoms with van der Waals surface area (Å²) in [6.45, 7) is 4.57. The maximum absolute atomic E-state index is 9.55. The molecule has 4 nitrogen and oxygen atoms in total. The molecule has 0 aliphatic heterocycles. The van der Waals surface area contributed by atoms with Gasteiger partial charge in [0.25, 0.3) is 0 Å². The molecule has 90 valence electrons. The van der Waals surface area contributed by atoms with Crippen molar-refractivity contribution in [1.82, 2.24) is 5.32 Å². The van der Waals surface area contributed by atoms with Crippen LogP contribution in [0.25, 0.3) is 0 Å². The molecule has 0 bridgehead atoms. The van der Waals surface area contributed by atoms with Crippen molar-refractivity contribution in [1.29, 1.82) is 0 Å². The predicted molar refractivity (Wildman–Crippen MR) is 62.3 cm³/mol. The molecule has 0 aliphatic carbocycles. The summed E-state index contributed by atoms with van der Waals surface area (Å²) >= 11 is 0. The van der Waals surface area contributed by atoms with Crippen LogP contribution in [0.5, 0.6) is 11.5 Å². The van der Waals surface area contributed by atoms with Gasteiger partial charge in [-0.05, 0) is 12.0 Å². The topological polar surface area (TPSA) is 72.7 Å². The summed E-state index contributed by atoms with van der Waals surface area (Å²) in [6, 6.07) is 4.50. The average Bonchev–Trinajstić information content (AvgIpc) is 2.21. The van der Waals surface area contributed by atoms with Gasteiger partial charge in [0.1, 0.15) is 11.5 Å². The molecule has 0 fully saturated rings. The Kier molecular flexibility index (Phi) is 4.58. The van der Waals surface area contributed by atoms with Crippen LogP contribution in [0.2, 0.25) is 0 Å². The van der Waals surface area contributed by atoms with Gasteiger partial charge in [0.2, 0.25) is 0 Å². The van der Waals surface area contributed by atoms with Gasteiger partial charge in [-0.15, -0.1) is 0 Å². The van der Waals surface area contributed by atoms with E-state index in [9.17, 15) is 5.11 Å². The Labute approximate surface area is 95.6 Å². The highest BCUT2D eigenvalue weighted by molar-refractivity contribution is 5.38. The second-order valence-corrected chi connectivity index (χ2v) is 4.23. The summed E-state index contributed by atoms with van der Waals surface area (Å²) in [5, 5.41) is 31.0. The Morgan fingerprint density at radius 1 is 1.25 bits per heavy atom. The standard InChI is InChI=1S/C12H19NO3/c1-8(2)11(7-14)13-6-9-3-4-10(15)5-12(9)16/h3-5,8,11,13-16H,6-7H2,1-2H3. The number of hydrogen-bond donors (Lipinski definition) is 4. The fourth-order valence-corrected chi connectivity index (χ4v) is 1.45. The number of aliphatic hydroxyl groups excluding tert-OH is 1. The number of hydrogen-bond acceptors (Lipinski definition) is 4. The maximum atomic E-state index is 9.55. The van der Waals surface area contributed by atoms with E-state index in [4.69, 9.17) is 10.2 Å². The lowest BCUT2D eigenvalue weighted by Gasteiger charge is -2.20. The number of nitrogens with one attached hydrogen (secondary N) is 1. The molecule has 0 saturated heterocycles. The number of phenols is 2. The molecule has 1 rings (SSSR count). The molecule has 0 radical (unpaired) electrons. The van der Waals surface area contributed by atoms with E-state index in [1.54, 1.807) is 6.07 Å². The lowest BCUT2D eigenvalue weighted by Crippen LogP contribution is -2.36. The summed E-state index contributed by atoms with van der Waals surface area (Å²) in [6.07, 6.45) is 0. The lowest BCUT2D eigenvalue weighted by atomic mass is 10.0. The van der Waals surface area contributed by atoms with Crippen LogP contribution in [0.15, 0.2) is 18.2 Å². The molecule has 0 amide bonds. The van der Waals surface area contributed by atoms with E-state index < -0.39 is 0 Å². The quantitative estimate of drug-likeness (QED) is 0.607. The van der Waals surface area contributed by atoms with E-state index in [1.165, 1.54) is 12.1 Å². The number of rotatable bonds is 5. The van der Waals surface area contributed by atoms with Crippen LogP contribution in [0.1, 0.15) is 19.4 Å². The van der Waals surface area contributed by atoms with Gasteiger partial charge in [-0.1, -0.05) is 19.9 Å². The first-order valence-corrected chi connectivity index (χ1v) is 5.39. The largest absolute Gasteiger partial charge is 0.508 e. The van der Waals surface area contributed by atoms with Gasteiger partial charge in [-0.3, -0.25) is 0 Å². The molecule has 1 aromatic rings. The molecule has 16 heavy (non-hydrogen) atoms. The molecule has 0 aromatic heterocycles. The van der Waals surface area contributed by atoms with Crippen molar-refractivity contribution in [2.24, 2.45) is 5.92 Å². The van der Waals surface area contributed by atoms with Crippen LogP contribution in [0, 0.1) is 5.92 Å². The van der Waals surface area contributed by atoms with E-state index in [-0.39, 0.29) is 24.1 Å². The molecule has 0 heterocycles. The van der Waals surface area contributed by atoms with Crippen LogP contribution in [-0.4, -0.2) is 28.0 Å². The highest BCUT2D eigenvalue weighted by Gasteiger charge is 2.12. The summed E-state index contributed by atoms with van der Waals surface area (Å²) < 4.78 is 0. The molecule has 1 atom stereocenters. The van der Waals surface area contributed by atoms with E-state index >= 15 is 0 Å². The van der Waals surface area contributed by atoms with Gasteiger partial charge in [-0.25, -0.2) is 0 Å². The predicted octanol–water partition coefficient (Wildman–Crippen LogP) is 1.20. The minimum absolute atomic E-state index is 0.00760. The van der Waals surface area contributed by atoms with Crippen molar-refractivity contribution in [2.75, 3.05) is 6.61 Å². The van der Waals surface area contributed by atoms with E-state index in [0.29, 0.717) is 18.0 Å². The number of phenolic OH excluding ortho intramolecular Hbond substituents is 2.